The summed E-state index contributed by atoms with van der Waals surface area (Å²) in [7, 11) is -5.03. The fraction of sp³-hybridized carbons (Fsp3) is 0.517. The summed E-state index contributed by atoms with van der Waals surface area (Å²) in [5, 5.41) is 30.2. The van der Waals surface area contributed by atoms with Gasteiger partial charge in [0.05, 0.1) is 5.54 Å². The Hall–Kier alpha value is -4.37. The summed E-state index contributed by atoms with van der Waals surface area (Å²) < 4.78 is 41.7. The highest BCUT2D eigenvalue weighted by molar-refractivity contribution is 7.80. The van der Waals surface area contributed by atoms with Gasteiger partial charge >= 0.3 is 16.4 Å². The maximum Gasteiger partial charge on any atom is 0.418 e. The van der Waals surface area contributed by atoms with Gasteiger partial charge in [-0.1, -0.05) is 5.16 Å². The number of amides is 2. The van der Waals surface area contributed by atoms with Crippen LogP contribution >= 0.6 is 11.3 Å². The molecule has 266 valence electrons. The molecule has 0 spiro atoms. The Bertz CT molecular complexity index is 1800. The summed E-state index contributed by atoms with van der Waals surface area (Å²) in [6.45, 7) is 3.98. The van der Waals surface area contributed by atoms with Crippen LogP contribution in [0.5, 0.6) is 5.75 Å². The van der Waals surface area contributed by atoms with Crippen LogP contribution in [0.4, 0.5) is 5.13 Å². The van der Waals surface area contributed by atoms with E-state index in [-0.39, 0.29) is 35.2 Å². The fourth-order valence-corrected chi connectivity index (χ4v) is 6.98. The van der Waals surface area contributed by atoms with E-state index in [0.29, 0.717) is 22.8 Å². The van der Waals surface area contributed by atoms with Gasteiger partial charge in [0, 0.05) is 23.0 Å². The molecule has 18 nitrogen and oxygen atoms in total. The molecule has 5 rings (SSSR count). The van der Waals surface area contributed by atoms with Crippen molar-refractivity contribution in [3.63, 3.8) is 0 Å². The van der Waals surface area contributed by atoms with Crippen LogP contribution in [0.2, 0.25) is 0 Å². The van der Waals surface area contributed by atoms with Crippen LogP contribution in [0, 0.1) is 5.41 Å². The standard InChI is InChI=1S/C29H38N8O10S2/c1-28(2)22(25(39)37(28)47-49(42,43)44)35-24(38)21(18-13-48-27(32)34-18)36-46-29(3,26(40)41)20-10-8-14-11-15(7-9-19(14)45-20)23(31)33-17-6-4-5-16(30)12-17/h7,9,11,13,16-17,20,22H,4-6,8,10,12,30H2,1-3H3,(H2,31,33)(H2,32,34)(H,35,38)(H,40,41)(H,42,43,44)/t16-,17+,20?,22?,29?/m1/s1. The van der Waals surface area contributed by atoms with E-state index in [9.17, 15) is 27.9 Å². The van der Waals surface area contributed by atoms with Gasteiger partial charge in [0.15, 0.2) is 16.9 Å². The van der Waals surface area contributed by atoms with Crippen molar-refractivity contribution in [2.45, 2.75) is 94.7 Å². The number of amidine groups is 1. The number of carbonyl (C=O) groups excluding carboxylic acids is 2. The largest absolute Gasteiger partial charge is 0.485 e. The lowest BCUT2D eigenvalue weighted by atomic mass is 9.84. The zero-order chi connectivity index (χ0) is 35.9. The molecule has 5 atom stereocenters. The van der Waals surface area contributed by atoms with Crippen molar-refractivity contribution < 1.29 is 46.3 Å². The number of ether oxygens (including phenoxy) is 1. The van der Waals surface area contributed by atoms with Crippen LogP contribution in [0.25, 0.3) is 0 Å². The maximum atomic E-state index is 13.5. The molecule has 9 N–H and O–H groups in total. The molecule has 0 bridgehead atoms. The number of carbonyl (C=O) groups is 3. The maximum absolute atomic E-state index is 13.5. The number of β-lactam (4-membered cyclic amide) rings is 1. The number of nitrogens with one attached hydrogen (secondary N) is 3. The third-order valence-electron chi connectivity index (χ3n) is 8.82. The molecular formula is C29H38N8O10S2. The van der Waals surface area contributed by atoms with Crippen molar-refractivity contribution in [1.82, 2.24) is 20.7 Å². The van der Waals surface area contributed by atoms with Gasteiger partial charge in [-0.2, -0.15) is 13.5 Å². The molecule has 1 aromatic heterocycles. The number of rotatable bonds is 11. The van der Waals surface area contributed by atoms with E-state index in [2.05, 4.69) is 25.1 Å². The Morgan fingerprint density at radius 1 is 1.27 bits per heavy atom. The summed E-state index contributed by atoms with van der Waals surface area (Å²) >= 11 is 0.963. The zero-order valence-electron chi connectivity index (χ0n) is 26.8. The smallest absolute Gasteiger partial charge is 0.418 e. The second-order valence-electron chi connectivity index (χ2n) is 12.8. The number of aromatic nitrogens is 1. The Morgan fingerprint density at radius 2 is 2.00 bits per heavy atom. The van der Waals surface area contributed by atoms with Crippen LogP contribution in [-0.4, -0.2) is 92.8 Å². The third-order valence-corrected chi connectivity index (χ3v) is 9.84. The van der Waals surface area contributed by atoms with Crippen molar-refractivity contribution in [2.75, 3.05) is 5.73 Å². The predicted molar refractivity (Wildman–Crippen MR) is 175 cm³/mol. The minimum Gasteiger partial charge on any atom is -0.485 e. The molecule has 20 heteroatoms. The molecule has 1 saturated carbocycles. The molecule has 2 fully saturated rings. The number of thiazole rings is 1. The number of nitrogen functional groups attached to an aromatic ring is 1. The average molecular weight is 723 g/mol. The number of oxime groups is 1. The van der Waals surface area contributed by atoms with E-state index in [1.807, 2.05) is 6.07 Å². The second-order valence-corrected chi connectivity index (χ2v) is 14.7. The van der Waals surface area contributed by atoms with Crippen molar-refractivity contribution >= 4 is 56.2 Å². The highest BCUT2D eigenvalue weighted by Crippen LogP contribution is 2.35. The Labute approximate surface area is 285 Å². The summed E-state index contributed by atoms with van der Waals surface area (Å²) in [4.78, 5) is 48.3. The predicted octanol–water partition coefficient (Wildman–Crippen LogP) is 0.708. The molecule has 0 radical (unpaired) electrons. The van der Waals surface area contributed by atoms with E-state index in [0.717, 1.165) is 42.6 Å². The van der Waals surface area contributed by atoms with Gasteiger partial charge < -0.3 is 36.8 Å². The first kappa shape index (κ1) is 35.9. The molecular weight excluding hydrogens is 684 g/mol. The van der Waals surface area contributed by atoms with Gasteiger partial charge in [0.2, 0.25) is 0 Å². The molecule has 1 saturated heterocycles. The van der Waals surface area contributed by atoms with Gasteiger partial charge in [-0.05, 0) is 83.1 Å². The van der Waals surface area contributed by atoms with Gasteiger partial charge in [-0.3, -0.25) is 19.6 Å². The first-order valence-electron chi connectivity index (χ1n) is 15.3. The summed E-state index contributed by atoms with van der Waals surface area (Å²) in [5.41, 5.74) is 9.10. The Kier molecular flexibility index (Phi) is 9.90. The lowest BCUT2D eigenvalue weighted by molar-refractivity contribution is -0.218. The Balaban J connectivity index is 1.32. The minimum atomic E-state index is -5.03. The monoisotopic (exact) mass is 722 g/mol. The number of hydrogen-bond acceptors (Lipinski definition) is 14. The number of nitrogens with zero attached hydrogens (tertiary/aromatic N) is 3. The number of hydrogen-bond donors (Lipinski definition) is 7. The summed E-state index contributed by atoms with van der Waals surface area (Å²) in [5.74, 6) is -2.80. The molecule has 2 amide bonds. The first-order valence-corrected chi connectivity index (χ1v) is 17.6. The van der Waals surface area contributed by atoms with E-state index in [4.69, 9.17) is 31.0 Å². The first-order chi connectivity index (χ1) is 22.9. The zero-order valence-corrected chi connectivity index (χ0v) is 28.5. The number of carboxylic acids is 1. The van der Waals surface area contributed by atoms with Crippen molar-refractivity contribution in [1.29, 1.82) is 5.41 Å². The van der Waals surface area contributed by atoms with E-state index in [1.54, 1.807) is 12.1 Å². The normalized spacial score (nSPS) is 24.8. The number of nitrogens with two attached hydrogens (primary N) is 2. The Morgan fingerprint density at radius 3 is 2.61 bits per heavy atom. The fourth-order valence-electron chi connectivity index (χ4n) is 5.97. The minimum absolute atomic E-state index is 0.0569. The van der Waals surface area contributed by atoms with E-state index in [1.165, 1.54) is 26.2 Å². The quantitative estimate of drug-likeness (QED) is 0.0553. The average Bonchev–Trinajstić information content (AvgIpc) is 3.46. The van der Waals surface area contributed by atoms with Gasteiger partial charge in [0.1, 0.15) is 23.3 Å². The van der Waals surface area contributed by atoms with Crippen molar-refractivity contribution in [2.24, 2.45) is 10.9 Å². The molecule has 2 aliphatic heterocycles. The van der Waals surface area contributed by atoms with Crippen LogP contribution in [-0.2, 0) is 40.3 Å². The topological polar surface area (TPSA) is 282 Å². The summed E-state index contributed by atoms with van der Waals surface area (Å²) in [6.07, 6.45) is 3.19. The molecule has 1 aromatic carbocycles. The number of carboxylic acid groups (broad SMARTS) is 1. The highest BCUT2D eigenvalue weighted by atomic mass is 32.3. The van der Waals surface area contributed by atoms with Crippen LogP contribution in [0.3, 0.4) is 0 Å². The van der Waals surface area contributed by atoms with Gasteiger partial charge in [0.25, 0.3) is 17.4 Å². The van der Waals surface area contributed by atoms with Crippen molar-refractivity contribution in [3.8, 4) is 5.75 Å². The van der Waals surface area contributed by atoms with Crippen LogP contribution < -0.4 is 26.8 Å². The van der Waals surface area contributed by atoms with E-state index < -0.39 is 57.2 Å². The number of anilines is 1. The number of hydroxylamine groups is 2. The molecule has 3 heterocycles. The summed E-state index contributed by atoms with van der Waals surface area (Å²) in [6, 6.07) is 4.07. The molecule has 49 heavy (non-hydrogen) atoms. The number of fused-ring (bicyclic) bond motifs is 1. The van der Waals surface area contributed by atoms with Crippen LogP contribution in [0.15, 0.2) is 28.7 Å². The number of aryl methyl sites for hydroxylation is 1. The SMILES string of the molecule is CC(ON=C(C(=O)NC1C(=O)N(OS(=O)(=O)O)C1(C)C)c1csc(N)n1)(C(=O)O)C1CCc2cc(C(=N)N[C@H]3CCC[C@@H](N)C3)ccc2O1. The molecule has 1 aliphatic carbocycles. The number of benzene rings is 1. The molecule has 2 aromatic rings. The highest BCUT2D eigenvalue weighted by Gasteiger charge is 2.58. The van der Waals surface area contributed by atoms with Gasteiger partial charge in [-0.25, -0.2) is 9.78 Å². The lowest BCUT2D eigenvalue weighted by Gasteiger charge is -2.50. The third kappa shape index (κ3) is 7.62. The van der Waals surface area contributed by atoms with Crippen LogP contribution in [0.1, 0.15) is 69.7 Å². The lowest BCUT2D eigenvalue weighted by Crippen LogP contribution is -2.76. The van der Waals surface area contributed by atoms with E-state index >= 15 is 0 Å². The van der Waals surface area contributed by atoms with Gasteiger partial charge in [-0.15, -0.1) is 15.6 Å². The number of aliphatic carboxylic acids is 1. The second kappa shape index (κ2) is 13.5. The van der Waals surface area contributed by atoms with Crippen molar-refractivity contribution in [3.05, 3.63) is 40.4 Å². The molecule has 3 aliphatic rings. The molecule has 3 unspecified atom stereocenters.